The summed E-state index contributed by atoms with van der Waals surface area (Å²) in [6.45, 7) is 0. The van der Waals surface area contributed by atoms with Crippen molar-refractivity contribution in [3.05, 3.63) is 90.3 Å². The van der Waals surface area contributed by atoms with Crippen LogP contribution in [-0.2, 0) is 0 Å². The minimum absolute atomic E-state index is 0.602. The number of aromatic nitrogens is 1. The SMILES string of the molecule is N#CC(=CC=Cc1ccc2ccccc2c1)c1cccnc1. The molecule has 0 saturated carbocycles. The molecule has 0 bridgehead atoms. The Labute approximate surface area is 129 Å². The normalized spacial score (nSPS) is 11.7. The van der Waals surface area contributed by atoms with E-state index in [0.29, 0.717) is 5.57 Å². The van der Waals surface area contributed by atoms with E-state index < -0.39 is 0 Å². The van der Waals surface area contributed by atoms with E-state index in [-0.39, 0.29) is 0 Å². The monoisotopic (exact) mass is 282 g/mol. The first-order chi connectivity index (χ1) is 10.9. The lowest BCUT2D eigenvalue weighted by molar-refractivity contribution is 1.31. The van der Waals surface area contributed by atoms with E-state index >= 15 is 0 Å². The highest BCUT2D eigenvalue weighted by molar-refractivity contribution is 5.85. The second-order valence-electron chi connectivity index (χ2n) is 4.90. The minimum atomic E-state index is 0.602. The first kappa shape index (κ1) is 13.8. The van der Waals surface area contributed by atoms with Gasteiger partial charge in [0.2, 0.25) is 0 Å². The molecule has 104 valence electrons. The lowest BCUT2D eigenvalue weighted by atomic mass is 10.1. The van der Waals surface area contributed by atoms with E-state index in [9.17, 15) is 5.26 Å². The largest absolute Gasteiger partial charge is 0.264 e. The second kappa shape index (κ2) is 6.51. The predicted molar refractivity (Wildman–Crippen MR) is 90.8 cm³/mol. The van der Waals surface area contributed by atoms with Gasteiger partial charge in [0.1, 0.15) is 0 Å². The molecule has 22 heavy (non-hydrogen) atoms. The Hall–Kier alpha value is -3.18. The molecule has 1 heterocycles. The van der Waals surface area contributed by atoms with E-state index in [1.807, 2.05) is 42.5 Å². The average molecular weight is 282 g/mol. The summed E-state index contributed by atoms with van der Waals surface area (Å²) < 4.78 is 0. The Balaban J connectivity index is 1.86. The smallest absolute Gasteiger partial charge is 0.0998 e. The highest BCUT2D eigenvalue weighted by Gasteiger charge is 1.97. The van der Waals surface area contributed by atoms with Crippen molar-refractivity contribution < 1.29 is 0 Å². The Morgan fingerprint density at radius 1 is 1.00 bits per heavy atom. The molecule has 0 fully saturated rings. The number of rotatable bonds is 3. The lowest BCUT2D eigenvalue weighted by Gasteiger charge is -1.99. The summed E-state index contributed by atoms with van der Waals surface area (Å²) in [5.74, 6) is 0. The zero-order chi connectivity index (χ0) is 15.2. The lowest BCUT2D eigenvalue weighted by Crippen LogP contribution is -1.81. The summed E-state index contributed by atoms with van der Waals surface area (Å²) in [6, 6.07) is 20.5. The van der Waals surface area contributed by atoms with Crippen LogP contribution in [0.1, 0.15) is 11.1 Å². The van der Waals surface area contributed by atoms with Crippen LogP contribution in [0.2, 0.25) is 0 Å². The number of nitriles is 1. The number of allylic oxidation sites excluding steroid dienone is 3. The average Bonchev–Trinajstić information content (AvgIpc) is 2.59. The van der Waals surface area contributed by atoms with E-state index in [2.05, 4.69) is 41.4 Å². The number of hydrogen-bond donors (Lipinski definition) is 0. The van der Waals surface area contributed by atoms with Gasteiger partial charge < -0.3 is 0 Å². The highest BCUT2D eigenvalue weighted by atomic mass is 14.6. The maximum atomic E-state index is 9.24. The molecule has 2 aromatic carbocycles. The number of hydrogen-bond acceptors (Lipinski definition) is 2. The quantitative estimate of drug-likeness (QED) is 0.508. The van der Waals surface area contributed by atoms with Crippen LogP contribution in [0.25, 0.3) is 22.4 Å². The molecule has 0 aliphatic carbocycles. The van der Waals surface area contributed by atoms with Crippen LogP contribution in [0, 0.1) is 11.3 Å². The number of benzene rings is 2. The van der Waals surface area contributed by atoms with Gasteiger partial charge >= 0.3 is 0 Å². The van der Waals surface area contributed by atoms with E-state index in [0.717, 1.165) is 11.1 Å². The third-order valence-corrected chi connectivity index (χ3v) is 3.42. The van der Waals surface area contributed by atoms with Gasteiger partial charge in [-0.2, -0.15) is 5.26 Å². The fourth-order valence-corrected chi connectivity index (χ4v) is 2.29. The Bertz CT molecular complexity index is 884. The van der Waals surface area contributed by atoms with Gasteiger partial charge in [-0.25, -0.2) is 0 Å². The van der Waals surface area contributed by atoms with Gasteiger partial charge in [-0.15, -0.1) is 0 Å². The standard InChI is InChI=1S/C20H14N2/c21-14-19(20-9-4-12-22-15-20)8-3-5-16-10-11-17-6-1-2-7-18(17)13-16/h1-13,15H. The van der Waals surface area contributed by atoms with E-state index in [4.69, 9.17) is 0 Å². The van der Waals surface area contributed by atoms with Crippen LogP contribution in [0.5, 0.6) is 0 Å². The third-order valence-electron chi connectivity index (χ3n) is 3.42. The Morgan fingerprint density at radius 3 is 2.64 bits per heavy atom. The second-order valence-corrected chi connectivity index (χ2v) is 4.90. The molecule has 2 nitrogen and oxygen atoms in total. The van der Waals surface area contributed by atoms with Gasteiger partial charge in [0.25, 0.3) is 0 Å². The molecule has 3 rings (SSSR count). The maximum absolute atomic E-state index is 9.24. The van der Waals surface area contributed by atoms with E-state index in [1.54, 1.807) is 12.4 Å². The van der Waals surface area contributed by atoms with Crippen molar-refractivity contribution in [3.8, 4) is 6.07 Å². The van der Waals surface area contributed by atoms with Crippen LogP contribution < -0.4 is 0 Å². The van der Waals surface area contributed by atoms with E-state index in [1.165, 1.54) is 10.8 Å². The van der Waals surface area contributed by atoms with Crippen molar-refractivity contribution in [2.24, 2.45) is 0 Å². The van der Waals surface area contributed by atoms with Crippen molar-refractivity contribution in [1.82, 2.24) is 4.98 Å². The molecule has 0 aliphatic rings. The zero-order valence-electron chi connectivity index (χ0n) is 12.0. The van der Waals surface area contributed by atoms with Gasteiger partial charge in [0.15, 0.2) is 0 Å². The number of nitrogens with zero attached hydrogens (tertiary/aromatic N) is 2. The van der Waals surface area contributed by atoms with Gasteiger partial charge in [0.05, 0.1) is 11.6 Å². The molecule has 0 spiro atoms. The molecule has 0 N–H and O–H groups in total. The van der Waals surface area contributed by atoms with Crippen molar-refractivity contribution >= 4 is 22.4 Å². The topological polar surface area (TPSA) is 36.7 Å². The van der Waals surface area contributed by atoms with Gasteiger partial charge in [-0.3, -0.25) is 4.98 Å². The molecule has 0 aliphatic heterocycles. The highest BCUT2D eigenvalue weighted by Crippen LogP contribution is 2.17. The molecular weight excluding hydrogens is 268 g/mol. The third kappa shape index (κ3) is 3.11. The molecule has 0 radical (unpaired) electrons. The summed E-state index contributed by atoms with van der Waals surface area (Å²) in [5.41, 5.74) is 2.54. The van der Waals surface area contributed by atoms with Crippen LogP contribution in [0.15, 0.2) is 79.1 Å². The summed E-state index contributed by atoms with van der Waals surface area (Å²) in [7, 11) is 0. The first-order valence-corrected chi connectivity index (χ1v) is 7.04. The molecule has 0 atom stereocenters. The number of fused-ring (bicyclic) bond motifs is 1. The van der Waals surface area contributed by atoms with Crippen LogP contribution in [0.4, 0.5) is 0 Å². The van der Waals surface area contributed by atoms with Gasteiger partial charge in [0, 0.05) is 18.0 Å². The maximum Gasteiger partial charge on any atom is 0.0998 e. The molecule has 0 amide bonds. The van der Waals surface area contributed by atoms with Crippen LogP contribution >= 0.6 is 0 Å². The molecule has 0 unspecified atom stereocenters. The Kier molecular flexibility index (Phi) is 4.08. The molecular formula is C20H14N2. The van der Waals surface area contributed by atoms with Crippen molar-refractivity contribution in [2.75, 3.05) is 0 Å². The summed E-state index contributed by atoms with van der Waals surface area (Å²) in [4.78, 5) is 4.04. The molecule has 2 heteroatoms. The first-order valence-electron chi connectivity index (χ1n) is 7.04. The van der Waals surface area contributed by atoms with Crippen LogP contribution in [-0.4, -0.2) is 4.98 Å². The van der Waals surface area contributed by atoms with Crippen molar-refractivity contribution in [2.45, 2.75) is 0 Å². The fraction of sp³-hybridized carbons (Fsp3) is 0. The minimum Gasteiger partial charge on any atom is -0.264 e. The van der Waals surface area contributed by atoms with Gasteiger partial charge in [-0.1, -0.05) is 54.6 Å². The molecule has 3 aromatic rings. The van der Waals surface area contributed by atoms with Crippen molar-refractivity contribution in [1.29, 1.82) is 5.26 Å². The number of pyridine rings is 1. The molecule has 1 aromatic heterocycles. The zero-order valence-corrected chi connectivity index (χ0v) is 12.0. The Morgan fingerprint density at radius 2 is 1.86 bits per heavy atom. The summed E-state index contributed by atoms with van der Waals surface area (Å²) in [5, 5.41) is 11.7. The predicted octanol–water partition coefficient (Wildman–Crippen LogP) is 4.86. The summed E-state index contributed by atoms with van der Waals surface area (Å²) in [6.07, 6.45) is 9.10. The summed E-state index contributed by atoms with van der Waals surface area (Å²) >= 11 is 0. The molecule has 0 saturated heterocycles. The van der Waals surface area contributed by atoms with Crippen LogP contribution in [0.3, 0.4) is 0 Å². The van der Waals surface area contributed by atoms with Crippen molar-refractivity contribution in [3.63, 3.8) is 0 Å². The fourth-order valence-electron chi connectivity index (χ4n) is 2.29. The van der Waals surface area contributed by atoms with Gasteiger partial charge in [-0.05, 0) is 34.5 Å².